The van der Waals surface area contributed by atoms with Gasteiger partial charge in [0.2, 0.25) is 0 Å². The first-order chi connectivity index (χ1) is 12.0. The van der Waals surface area contributed by atoms with Crippen molar-refractivity contribution in [3.63, 3.8) is 0 Å². The lowest BCUT2D eigenvalue weighted by atomic mass is 10.1. The van der Waals surface area contributed by atoms with Crippen LogP contribution in [-0.2, 0) is 10.3 Å². The number of guanidine groups is 1. The Balaban J connectivity index is 1.82. The van der Waals surface area contributed by atoms with Crippen LogP contribution in [0.4, 0.5) is 0 Å². The van der Waals surface area contributed by atoms with Crippen LogP contribution in [0.15, 0.2) is 22.5 Å². The number of rotatable bonds is 8. The summed E-state index contributed by atoms with van der Waals surface area (Å²) in [6, 6.07) is 3.90. The molecule has 0 spiro atoms. The van der Waals surface area contributed by atoms with Gasteiger partial charge in [-0.25, -0.2) is 4.99 Å². The molecular weight excluding hydrogens is 336 g/mol. The quantitative estimate of drug-likeness (QED) is 0.479. The number of thiophene rings is 1. The van der Waals surface area contributed by atoms with Crippen molar-refractivity contribution in [3.05, 3.63) is 22.4 Å². The Kier molecular flexibility index (Phi) is 8.15. The molecule has 2 heterocycles. The second-order valence-electron chi connectivity index (χ2n) is 6.85. The molecule has 0 saturated carbocycles. The summed E-state index contributed by atoms with van der Waals surface area (Å²) >= 11 is 1.56. The van der Waals surface area contributed by atoms with Crippen LogP contribution in [0.1, 0.15) is 25.6 Å². The topological polar surface area (TPSA) is 69.1 Å². The summed E-state index contributed by atoms with van der Waals surface area (Å²) in [5, 5.41) is 19.2. The van der Waals surface area contributed by atoms with Gasteiger partial charge in [0, 0.05) is 37.6 Å². The SMILES string of the molecule is CCNC(=NCC(C)(O)c1cccs1)NCC(C)CN1CCOCC1. The van der Waals surface area contributed by atoms with Crippen molar-refractivity contribution in [2.75, 3.05) is 52.5 Å². The molecule has 7 heteroatoms. The lowest BCUT2D eigenvalue weighted by Gasteiger charge is -2.29. The van der Waals surface area contributed by atoms with Crippen LogP contribution in [0.2, 0.25) is 0 Å². The number of morpholine rings is 1. The molecule has 6 nitrogen and oxygen atoms in total. The zero-order valence-corrected chi connectivity index (χ0v) is 16.4. The monoisotopic (exact) mass is 368 g/mol. The minimum atomic E-state index is -0.935. The Morgan fingerprint density at radius 2 is 2.20 bits per heavy atom. The van der Waals surface area contributed by atoms with Gasteiger partial charge in [0.25, 0.3) is 0 Å². The maximum Gasteiger partial charge on any atom is 0.191 e. The predicted molar refractivity (Wildman–Crippen MR) is 104 cm³/mol. The first-order valence-corrected chi connectivity index (χ1v) is 9.98. The van der Waals surface area contributed by atoms with E-state index in [1.165, 1.54) is 0 Å². The molecule has 1 aromatic heterocycles. The molecule has 1 aliphatic heterocycles. The van der Waals surface area contributed by atoms with E-state index in [9.17, 15) is 5.11 Å². The van der Waals surface area contributed by atoms with Crippen molar-refractivity contribution in [1.82, 2.24) is 15.5 Å². The number of hydrogen-bond acceptors (Lipinski definition) is 5. The van der Waals surface area contributed by atoms with Crippen molar-refractivity contribution in [3.8, 4) is 0 Å². The summed E-state index contributed by atoms with van der Waals surface area (Å²) < 4.78 is 5.40. The lowest BCUT2D eigenvalue weighted by molar-refractivity contribution is 0.0320. The predicted octanol–water partition coefficient (Wildman–Crippen LogP) is 1.48. The lowest BCUT2D eigenvalue weighted by Crippen LogP contribution is -2.44. The van der Waals surface area contributed by atoms with E-state index in [-0.39, 0.29) is 0 Å². The Morgan fingerprint density at radius 1 is 1.44 bits per heavy atom. The van der Waals surface area contributed by atoms with Crippen LogP contribution in [0.3, 0.4) is 0 Å². The smallest absolute Gasteiger partial charge is 0.191 e. The molecule has 0 aromatic carbocycles. The van der Waals surface area contributed by atoms with Crippen LogP contribution >= 0.6 is 11.3 Å². The van der Waals surface area contributed by atoms with Crippen LogP contribution in [-0.4, -0.2) is 68.4 Å². The molecule has 0 bridgehead atoms. The summed E-state index contributed by atoms with van der Waals surface area (Å²) in [6.45, 7) is 12.8. The van der Waals surface area contributed by atoms with Crippen LogP contribution in [0.5, 0.6) is 0 Å². The van der Waals surface area contributed by atoms with Gasteiger partial charge in [-0.05, 0) is 31.2 Å². The Morgan fingerprint density at radius 3 is 2.84 bits per heavy atom. The molecular formula is C18H32N4O2S. The maximum atomic E-state index is 10.6. The molecule has 0 radical (unpaired) electrons. The molecule has 0 amide bonds. The van der Waals surface area contributed by atoms with Gasteiger partial charge >= 0.3 is 0 Å². The second-order valence-corrected chi connectivity index (χ2v) is 7.79. The molecule has 142 valence electrons. The van der Waals surface area contributed by atoms with Gasteiger partial charge in [0.15, 0.2) is 5.96 Å². The fourth-order valence-electron chi connectivity index (χ4n) is 2.80. The molecule has 3 N–H and O–H groups in total. The third kappa shape index (κ3) is 6.93. The Labute approximate surface area is 155 Å². The van der Waals surface area contributed by atoms with Crippen molar-refractivity contribution in [2.24, 2.45) is 10.9 Å². The van der Waals surface area contributed by atoms with Crippen LogP contribution in [0, 0.1) is 5.92 Å². The van der Waals surface area contributed by atoms with E-state index in [1.807, 2.05) is 31.4 Å². The van der Waals surface area contributed by atoms with E-state index in [0.29, 0.717) is 12.5 Å². The first-order valence-electron chi connectivity index (χ1n) is 9.10. The average molecular weight is 369 g/mol. The number of hydrogen-bond donors (Lipinski definition) is 3. The fraction of sp³-hybridized carbons (Fsp3) is 0.722. The van der Waals surface area contributed by atoms with E-state index in [4.69, 9.17) is 4.74 Å². The second kappa shape index (κ2) is 10.1. The van der Waals surface area contributed by atoms with Crippen LogP contribution < -0.4 is 10.6 Å². The summed E-state index contributed by atoms with van der Waals surface area (Å²) in [5.74, 6) is 1.27. The number of nitrogens with zero attached hydrogens (tertiary/aromatic N) is 2. The van der Waals surface area contributed by atoms with E-state index in [2.05, 4.69) is 27.4 Å². The maximum absolute atomic E-state index is 10.6. The molecule has 2 rings (SSSR count). The van der Waals surface area contributed by atoms with Gasteiger partial charge in [0.05, 0.1) is 19.8 Å². The van der Waals surface area contributed by atoms with Gasteiger partial charge in [-0.15, -0.1) is 11.3 Å². The van der Waals surface area contributed by atoms with Gasteiger partial charge in [0.1, 0.15) is 5.60 Å². The number of aliphatic imine (C=N–C) groups is 1. The van der Waals surface area contributed by atoms with Gasteiger partial charge in [-0.2, -0.15) is 0 Å². The largest absolute Gasteiger partial charge is 0.383 e. The number of nitrogens with one attached hydrogen (secondary N) is 2. The molecule has 2 unspecified atom stereocenters. The van der Waals surface area contributed by atoms with E-state index >= 15 is 0 Å². The number of aliphatic hydroxyl groups is 1. The van der Waals surface area contributed by atoms with Crippen molar-refractivity contribution in [1.29, 1.82) is 0 Å². The molecule has 1 fully saturated rings. The first kappa shape index (κ1) is 20.2. The summed E-state index contributed by atoms with van der Waals surface area (Å²) in [7, 11) is 0. The average Bonchev–Trinajstić information content (AvgIpc) is 3.14. The minimum Gasteiger partial charge on any atom is -0.383 e. The van der Waals surface area contributed by atoms with Crippen LogP contribution in [0.25, 0.3) is 0 Å². The summed E-state index contributed by atoms with van der Waals surface area (Å²) in [5.41, 5.74) is -0.935. The molecule has 2 atom stereocenters. The van der Waals surface area contributed by atoms with E-state index in [0.717, 1.165) is 56.8 Å². The Hall–Kier alpha value is -1.15. The van der Waals surface area contributed by atoms with E-state index < -0.39 is 5.60 Å². The molecule has 1 saturated heterocycles. The molecule has 1 aliphatic rings. The Bertz CT molecular complexity index is 513. The summed E-state index contributed by atoms with van der Waals surface area (Å²) in [6.07, 6.45) is 0. The summed E-state index contributed by atoms with van der Waals surface area (Å²) in [4.78, 5) is 7.96. The highest BCUT2D eigenvalue weighted by molar-refractivity contribution is 7.10. The van der Waals surface area contributed by atoms with Crippen molar-refractivity contribution in [2.45, 2.75) is 26.4 Å². The van der Waals surface area contributed by atoms with Crippen molar-refractivity contribution >= 4 is 17.3 Å². The standard InChI is InChI=1S/C18H32N4O2S/c1-4-19-17(21-14-18(3,23)16-6-5-11-25-16)20-12-15(2)13-22-7-9-24-10-8-22/h5-6,11,15,23H,4,7-10,12-14H2,1-3H3,(H2,19,20,21). The zero-order valence-electron chi connectivity index (χ0n) is 15.6. The zero-order chi connectivity index (χ0) is 18.1. The molecule has 1 aromatic rings. The third-order valence-corrected chi connectivity index (χ3v) is 5.36. The van der Waals surface area contributed by atoms with Gasteiger partial charge in [-0.3, -0.25) is 4.90 Å². The highest BCUT2D eigenvalue weighted by Crippen LogP contribution is 2.25. The third-order valence-electron chi connectivity index (χ3n) is 4.23. The number of ether oxygens (including phenoxy) is 1. The normalized spacial score (nSPS) is 20.1. The van der Waals surface area contributed by atoms with Crippen molar-refractivity contribution < 1.29 is 9.84 Å². The van der Waals surface area contributed by atoms with Gasteiger partial charge in [-0.1, -0.05) is 13.0 Å². The fourth-order valence-corrected chi connectivity index (χ4v) is 3.58. The highest BCUT2D eigenvalue weighted by atomic mass is 32.1. The molecule has 0 aliphatic carbocycles. The highest BCUT2D eigenvalue weighted by Gasteiger charge is 2.24. The minimum absolute atomic E-state index is 0.334. The van der Waals surface area contributed by atoms with E-state index in [1.54, 1.807) is 11.3 Å². The van der Waals surface area contributed by atoms with Gasteiger partial charge < -0.3 is 20.5 Å². The molecule has 25 heavy (non-hydrogen) atoms.